The third-order valence-corrected chi connectivity index (χ3v) is 4.20. The molecule has 0 spiro atoms. The molecule has 1 unspecified atom stereocenters. The number of hydrogen-bond donors (Lipinski definition) is 1. The molecule has 17 heavy (non-hydrogen) atoms. The van der Waals surface area contributed by atoms with Crippen LogP contribution in [0.3, 0.4) is 0 Å². The van der Waals surface area contributed by atoms with Gasteiger partial charge >= 0.3 is 0 Å². The van der Waals surface area contributed by atoms with E-state index in [4.69, 9.17) is 0 Å². The molecule has 2 fully saturated rings. The first-order chi connectivity index (χ1) is 8.38. The van der Waals surface area contributed by atoms with E-state index in [0.717, 1.165) is 12.5 Å². The predicted molar refractivity (Wildman–Crippen MR) is 73.4 cm³/mol. The zero-order chi connectivity index (χ0) is 11.9. The summed E-state index contributed by atoms with van der Waals surface area (Å²) in [5.41, 5.74) is 0. The summed E-state index contributed by atoms with van der Waals surface area (Å²) < 4.78 is 0. The number of hydrogen-bond acceptors (Lipinski definition) is 3. The molecule has 100 valence electrons. The van der Waals surface area contributed by atoms with Crippen molar-refractivity contribution in [3.63, 3.8) is 0 Å². The van der Waals surface area contributed by atoms with Gasteiger partial charge in [0.1, 0.15) is 0 Å². The average molecular weight is 239 g/mol. The maximum atomic E-state index is 3.48. The lowest BCUT2D eigenvalue weighted by molar-refractivity contribution is 0.274. The summed E-state index contributed by atoms with van der Waals surface area (Å²) in [7, 11) is 0. The van der Waals surface area contributed by atoms with E-state index in [-0.39, 0.29) is 0 Å². The molecule has 0 saturated carbocycles. The molecule has 2 aliphatic rings. The summed E-state index contributed by atoms with van der Waals surface area (Å²) in [6.07, 6.45) is 5.62. The van der Waals surface area contributed by atoms with E-state index < -0.39 is 0 Å². The van der Waals surface area contributed by atoms with Crippen molar-refractivity contribution in [1.29, 1.82) is 0 Å². The lowest BCUT2D eigenvalue weighted by atomic mass is 10.1. The van der Waals surface area contributed by atoms with Crippen LogP contribution in [0.2, 0.25) is 0 Å². The molecule has 2 heterocycles. The lowest BCUT2D eigenvalue weighted by Gasteiger charge is -2.19. The number of nitrogens with one attached hydrogen (secondary N) is 1. The Kier molecular flexibility index (Phi) is 5.75. The van der Waals surface area contributed by atoms with E-state index in [2.05, 4.69) is 22.0 Å². The monoisotopic (exact) mass is 239 g/mol. The van der Waals surface area contributed by atoms with Gasteiger partial charge in [-0.1, -0.05) is 6.92 Å². The molecular weight excluding hydrogens is 210 g/mol. The van der Waals surface area contributed by atoms with Gasteiger partial charge in [0.05, 0.1) is 0 Å². The molecule has 1 atom stereocenters. The van der Waals surface area contributed by atoms with Crippen LogP contribution in [0.5, 0.6) is 0 Å². The smallest absolute Gasteiger partial charge is 0.00223 e. The van der Waals surface area contributed by atoms with Crippen LogP contribution >= 0.6 is 0 Å². The molecule has 0 aromatic rings. The van der Waals surface area contributed by atoms with Gasteiger partial charge in [-0.25, -0.2) is 0 Å². The molecule has 3 nitrogen and oxygen atoms in total. The SMILES string of the molecule is CCNCC1CCN(CCCN2CCCC2)C1. The molecule has 3 heteroatoms. The van der Waals surface area contributed by atoms with Gasteiger partial charge in [0.25, 0.3) is 0 Å². The van der Waals surface area contributed by atoms with Crippen LogP contribution in [0.4, 0.5) is 0 Å². The van der Waals surface area contributed by atoms with Gasteiger partial charge in [-0.3, -0.25) is 0 Å². The minimum atomic E-state index is 0.904. The fourth-order valence-electron chi connectivity index (χ4n) is 3.16. The quantitative estimate of drug-likeness (QED) is 0.724. The van der Waals surface area contributed by atoms with Crippen molar-refractivity contribution < 1.29 is 0 Å². The van der Waals surface area contributed by atoms with E-state index in [1.165, 1.54) is 71.5 Å². The Morgan fingerprint density at radius 2 is 1.82 bits per heavy atom. The zero-order valence-corrected chi connectivity index (χ0v) is 11.5. The highest BCUT2D eigenvalue weighted by Gasteiger charge is 2.21. The van der Waals surface area contributed by atoms with Crippen molar-refractivity contribution in [3.8, 4) is 0 Å². The first-order valence-electron chi connectivity index (χ1n) is 7.54. The molecule has 0 amide bonds. The van der Waals surface area contributed by atoms with Crippen molar-refractivity contribution in [2.24, 2.45) is 5.92 Å². The van der Waals surface area contributed by atoms with E-state index in [0.29, 0.717) is 0 Å². The van der Waals surface area contributed by atoms with Gasteiger partial charge in [0.2, 0.25) is 0 Å². The van der Waals surface area contributed by atoms with Crippen LogP contribution in [0, 0.1) is 5.92 Å². The third-order valence-electron chi connectivity index (χ3n) is 4.20. The number of rotatable bonds is 7. The second-order valence-electron chi connectivity index (χ2n) is 5.67. The molecule has 0 bridgehead atoms. The maximum Gasteiger partial charge on any atom is 0.00223 e. The van der Waals surface area contributed by atoms with E-state index >= 15 is 0 Å². The number of likely N-dealkylation sites (tertiary alicyclic amines) is 2. The Balaban J connectivity index is 1.51. The molecule has 2 rings (SSSR count). The van der Waals surface area contributed by atoms with Crippen molar-refractivity contribution in [1.82, 2.24) is 15.1 Å². The summed E-state index contributed by atoms with van der Waals surface area (Å²) in [4.78, 5) is 5.30. The normalized spacial score (nSPS) is 27.0. The van der Waals surface area contributed by atoms with Crippen LogP contribution in [0.1, 0.15) is 32.6 Å². The molecule has 0 aliphatic carbocycles. The van der Waals surface area contributed by atoms with Gasteiger partial charge in [-0.05, 0) is 77.4 Å². The summed E-state index contributed by atoms with van der Waals surface area (Å²) in [5.74, 6) is 0.904. The minimum Gasteiger partial charge on any atom is -0.317 e. The Morgan fingerprint density at radius 3 is 2.59 bits per heavy atom. The first kappa shape index (κ1) is 13.3. The fourth-order valence-corrected chi connectivity index (χ4v) is 3.16. The van der Waals surface area contributed by atoms with Crippen LogP contribution in [-0.2, 0) is 0 Å². The molecule has 2 aliphatic heterocycles. The van der Waals surface area contributed by atoms with Crippen LogP contribution < -0.4 is 5.32 Å². The zero-order valence-electron chi connectivity index (χ0n) is 11.5. The van der Waals surface area contributed by atoms with Gasteiger partial charge in [0.15, 0.2) is 0 Å². The Hall–Kier alpha value is -0.120. The second-order valence-corrected chi connectivity index (χ2v) is 5.67. The Morgan fingerprint density at radius 1 is 1.06 bits per heavy atom. The summed E-state index contributed by atoms with van der Waals surface area (Å²) >= 11 is 0. The molecular formula is C14H29N3. The maximum absolute atomic E-state index is 3.48. The lowest BCUT2D eigenvalue weighted by Crippen LogP contribution is -2.29. The molecule has 0 radical (unpaired) electrons. The molecule has 0 aromatic heterocycles. The second kappa shape index (κ2) is 7.34. The van der Waals surface area contributed by atoms with Crippen LogP contribution in [0.25, 0.3) is 0 Å². The van der Waals surface area contributed by atoms with E-state index in [1.54, 1.807) is 0 Å². The molecule has 2 saturated heterocycles. The van der Waals surface area contributed by atoms with Gasteiger partial charge in [-0.15, -0.1) is 0 Å². The summed E-state index contributed by atoms with van der Waals surface area (Å²) in [6.45, 7) is 12.5. The highest BCUT2D eigenvalue weighted by Crippen LogP contribution is 2.16. The first-order valence-corrected chi connectivity index (χ1v) is 7.54. The van der Waals surface area contributed by atoms with Crippen LogP contribution in [0.15, 0.2) is 0 Å². The summed E-state index contributed by atoms with van der Waals surface area (Å²) in [5, 5.41) is 3.48. The van der Waals surface area contributed by atoms with Crippen molar-refractivity contribution in [2.45, 2.75) is 32.6 Å². The minimum absolute atomic E-state index is 0.904. The number of nitrogens with zero attached hydrogens (tertiary/aromatic N) is 2. The Labute approximate surface area is 107 Å². The molecule has 0 aromatic carbocycles. The Bertz CT molecular complexity index is 202. The summed E-state index contributed by atoms with van der Waals surface area (Å²) in [6, 6.07) is 0. The highest BCUT2D eigenvalue weighted by molar-refractivity contribution is 4.77. The van der Waals surface area contributed by atoms with Gasteiger partial charge in [0, 0.05) is 6.54 Å². The van der Waals surface area contributed by atoms with E-state index in [9.17, 15) is 0 Å². The fraction of sp³-hybridized carbons (Fsp3) is 1.00. The van der Waals surface area contributed by atoms with Gasteiger partial charge in [-0.2, -0.15) is 0 Å². The predicted octanol–water partition coefficient (Wildman–Crippen LogP) is 1.40. The van der Waals surface area contributed by atoms with Crippen molar-refractivity contribution in [2.75, 3.05) is 52.4 Å². The van der Waals surface area contributed by atoms with Gasteiger partial charge < -0.3 is 15.1 Å². The van der Waals surface area contributed by atoms with Crippen LogP contribution in [-0.4, -0.2) is 62.2 Å². The van der Waals surface area contributed by atoms with Crippen molar-refractivity contribution >= 4 is 0 Å². The topological polar surface area (TPSA) is 18.5 Å². The third kappa shape index (κ3) is 4.57. The molecule has 1 N–H and O–H groups in total. The standard InChI is InChI=1S/C14H29N3/c1-2-15-12-14-6-11-17(13-14)10-5-9-16-7-3-4-8-16/h14-15H,2-13H2,1H3. The van der Waals surface area contributed by atoms with E-state index in [1.807, 2.05) is 0 Å². The average Bonchev–Trinajstić information content (AvgIpc) is 2.98. The highest BCUT2D eigenvalue weighted by atomic mass is 15.2. The largest absolute Gasteiger partial charge is 0.317 e. The van der Waals surface area contributed by atoms with Crippen molar-refractivity contribution in [3.05, 3.63) is 0 Å².